The zero-order valence-electron chi connectivity index (χ0n) is 23.6. The molecule has 1 aromatic heterocycles. The highest BCUT2D eigenvalue weighted by molar-refractivity contribution is 7.89. The van der Waals surface area contributed by atoms with Crippen molar-refractivity contribution < 1.29 is 13.2 Å². The lowest BCUT2D eigenvalue weighted by Gasteiger charge is -2.38. The Morgan fingerprint density at radius 3 is 2.05 bits per heavy atom. The molecule has 0 N–H and O–H groups in total. The topological polar surface area (TPSA) is 82.1 Å². The third kappa shape index (κ3) is 5.59. The second kappa shape index (κ2) is 11.6. The smallest absolute Gasteiger partial charge is 0.243 e. The summed E-state index contributed by atoms with van der Waals surface area (Å²) < 4.78 is 33.2. The lowest BCUT2D eigenvalue weighted by Crippen LogP contribution is -2.49. The maximum atomic E-state index is 13.2. The number of hydrogen-bond donors (Lipinski definition) is 0. The molecule has 2 aliphatic heterocycles. The van der Waals surface area contributed by atoms with E-state index in [0.717, 1.165) is 48.7 Å². The van der Waals surface area contributed by atoms with Crippen molar-refractivity contribution >= 4 is 32.4 Å². The molecule has 0 saturated carbocycles. The van der Waals surface area contributed by atoms with Gasteiger partial charge in [0.2, 0.25) is 10.0 Å². The van der Waals surface area contributed by atoms with Gasteiger partial charge in [-0.3, -0.25) is 4.90 Å². The Labute approximate surface area is 242 Å². The number of hydrogen-bond acceptors (Lipinski definition) is 8. The Bertz CT molecular complexity index is 1580. The maximum absolute atomic E-state index is 13.2. The van der Waals surface area contributed by atoms with E-state index in [2.05, 4.69) is 64.1 Å². The lowest BCUT2D eigenvalue weighted by atomic mass is 10.1. The normalized spacial score (nSPS) is 18.0. The zero-order chi connectivity index (χ0) is 28.4. The average Bonchev–Trinajstić information content (AvgIpc) is 3.04. The Morgan fingerprint density at radius 1 is 0.732 bits per heavy atom. The summed E-state index contributed by atoms with van der Waals surface area (Å²) in [7, 11) is -2.00. The first-order valence-corrected chi connectivity index (χ1v) is 15.6. The molecule has 0 bridgehead atoms. The quantitative estimate of drug-likeness (QED) is 0.328. The Kier molecular flexibility index (Phi) is 7.79. The second-order valence-electron chi connectivity index (χ2n) is 10.5. The highest BCUT2D eigenvalue weighted by Gasteiger charge is 2.32. The molecule has 2 fully saturated rings. The molecule has 3 heterocycles. The van der Waals surface area contributed by atoms with Crippen molar-refractivity contribution in [2.24, 2.45) is 0 Å². The molecule has 10 heteroatoms. The summed E-state index contributed by atoms with van der Waals surface area (Å²) in [5.41, 5.74) is 2.19. The fraction of sp³-hybridized carbons (Fsp3) is 0.355. The van der Waals surface area contributed by atoms with Gasteiger partial charge in [0.15, 0.2) is 0 Å². The molecule has 0 aliphatic carbocycles. The van der Waals surface area contributed by atoms with Crippen LogP contribution in [0.3, 0.4) is 0 Å². The minimum absolute atomic E-state index is 0.0465. The van der Waals surface area contributed by atoms with Gasteiger partial charge in [-0.15, -0.1) is 0 Å². The number of aromatic nitrogens is 2. The number of nitrogens with zero attached hydrogens (tertiary/aromatic N) is 6. The fourth-order valence-electron chi connectivity index (χ4n) is 5.71. The van der Waals surface area contributed by atoms with Crippen molar-refractivity contribution in [1.82, 2.24) is 19.2 Å². The third-order valence-electron chi connectivity index (χ3n) is 8.19. The molecule has 1 atom stereocenters. The number of anilines is 2. The number of ether oxygens (including phenoxy) is 1. The molecule has 3 aromatic carbocycles. The number of benzene rings is 3. The molecule has 4 aromatic rings. The highest BCUT2D eigenvalue weighted by atomic mass is 32.2. The zero-order valence-corrected chi connectivity index (χ0v) is 24.4. The standard InChI is InChI=1S/C31H36N6O3S/c1-24(34-20-22-37(23-21-34)41(38,39)27-14-12-26(40-2)13-15-27)30-32-29-11-7-6-10-28(29)31(33-30)36-18-16-35(17-19-36)25-8-4-3-5-9-25/h3-15,24H,16-23H2,1-2H3. The van der Waals surface area contributed by atoms with Crippen LogP contribution in [0.1, 0.15) is 18.8 Å². The maximum Gasteiger partial charge on any atom is 0.243 e. The third-order valence-corrected chi connectivity index (χ3v) is 10.1. The minimum atomic E-state index is -3.57. The van der Waals surface area contributed by atoms with E-state index in [0.29, 0.717) is 31.9 Å². The van der Waals surface area contributed by atoms with E-state index in [1.165, 1.54) is 5.69 Å². The molecule has 214 valence electrons. The molecule has 6 rings (SSSR count). The molecular weight excluding hydrogens is 536 g/mol. The van der Waals surface area contributed by atoms with Gasteiger partial charge in [0.1, 0.15) is 17.4 Å². The van der Waals surface area contributed by atoms with Crippen LogP contribution >= 0.6 is 0 Å². The summed E-state index contributed by atoms with van der Waals surface area (Å²) in [5, 5.41) is 1.06. The van der Waals surface area contributed by atoms with Crippen molar-refractivity contribution in [2.45, 2.75) is 17.9 Å². The van der Waals surface area contributed by atoms with Crippen LogP contribution in [0.4, 0.5) is 11.5 Å². The minimum Gasteiger partial charge on any atom is -0.497 e. The van der Waals surface area contributed by atoms with Gasteiger partial charge in [-0.1, -0.05) is 30.3 Å². The van der Waals surface area contributed by atoms with Gasteiger partial charge in [-0.2, -0.15) is 4.31 Å². The van der Waals surface area contributed by atoms with E-state index in [9.17, 15) is 8.42 Å². The fourth-order valence-corrected chi connectivity index (χ4v) is 7.13. The van der Waals surface area contributed by atoms with Crippen LogP contribution in [-0.4, -0.2) is 87.1 Å². The molecule has 0 spiro atoms. The van der Waals surface area contributed by atoms with Crippen LogP contribution < -0.4 is 14.5 Å². The van der Waals surface area contributed by atoms with Gasteiger partial charge in [-0.25, -0.2) is 18.4 Å². The summed E-state index contributed by atoms with van der Waals surface area (Å²) in [4.78, 5) is 17.5. The van der Waals surface area contributed by atoms with Crippen LogP contribution in [0.2, 0.25) is 0 Å². The van der Waals surface area contributed by atoms with Crippen molar-refractivity contribution in [3.8, 4) is 5.75 Å². The van der Waals surface area contributed by atoms with Crippen molar-refractivity contribution in [3.63, 3.8) is 0 Å². The summed E-state index contributed by atoms with van der Waals surface area (Å²) in [6, 6.07) is 25.3. The Balaban J connectivity index is 1.17. The van der Waals surface area contributed by atoms with Gasteiger partial charge in [0.05, 0.1) is 23.6 Å². The molecule has 2 aliphatic rings. The summed E-state index contributed by atoms with van der Waals surface area (Å²) in [6.45, 7) is 7.79. The first-order chi connectivity index (χ1) is 19.9. The predicted octanol–water partition coefficient (Wildman–Crippen LogP) is 4.03. The number of methoxy groups -OCH3 is 1. The van der Waals surface area contributed by atoms with Gasteiger partial charge in [0.25, 0.3) is 0 Å². The number of fused-ring (bicyclic) bond motifs is 1. The van der Waals surface area contributed by atoms with E-state index in [1.807, 2.05) is 12.1 Å². The van der Waals surface area contributed by atoms with E-state index >= 15 is 0 Å². The van der Waals surface area contributed by atoms with E-state index in [4.69, 9.17) is 14.7 Å². The molecule has 0 radical (unpaired) electrons. The Morgan fingerprint density at radius 2 is 1.37 bits per heavy atom. The van der Waals surface area contributed by atoms with Crippen LogP contribution in [0, 0.1) is 0 Å². The number of piperazine rings is 2. The molecule has 2 saturated heterocycles. The van der Waals surface area contributed by atoms with Gasteiger partial charge >= 0.3 is 0 Å². The van der Waals surface area contributed by atoms with E-state index < -0.39 is 10.0 Å². The monoisotopic (exact) mass is 572 g/mol. The van der Waals surface area contributed by atoms with Crippen LogP contribution in [0.15, 0.2) is 83.8 Å². The van der Waals surface area contributed by atoms with Crippen LogP contribution in [-0.2, 0) is 10.0 Å². The van der Waals surface area contributed by atoms with E-state index in [1.54, 1.807) is 35.7 Å². The number of para-hydroxylation sites is 2. The Hall–Kier alpha value is -3.73. The summed E-state index contributed by atoms with van der Waals surface area (Å²) in [6.07, 6.45) is 0. The van der Waals surface area contributed by atoms with Gasteiger partial charge in [-0.05, 0) is 55.5 Å². The molecule has 9 nitrogen and oxygen atoms in total. The van der Waals surface area contributed by atoms with Crippen molar-refractivity contribution in [3.05, 3.63) is 84.7 Å². The average molecular weight is 573 g/mol. The predicted molar refractivity (Wildman–Crippen MR) is 162 cm³/mol. The molecular formula is C31H36N6O3S. The van der Waals surface area contributed by atoms with Crippen LogP contribution in [0.5, 0.6) is 5.75 Å². The first kappa shape index (κ1) is 27.4. The lowest BCUT2D eigenvalue weighted by molar-refractivity contribution is 0.141. The SMILES string of the molecule is COc1ccc(S(=O)(=O)N2CCN(C(C)c3nc(N4CCN(c5ccccc5)CC4)c4ccccc4n3)CC2)cc1. The largest absolute Gasteiger partial charge is 0.497 e. The molecule has 1 unspecified atom stereocenters. The number of rotatable bonds is 7. The highest BCUT2D eigenvalue weighted by Crippen LogP contribution is 2.30. The summed E-state index contributed by atoms with van der Waals surface area (Å²) in [5.74, 6) is 2.39. The molecule has 0 amide bonds. The van der Waals surface area contributed by atoms with Crippen LogP contribution in [0.25, 0.3) is 10.9 Å². The second-order valence-corrected chi connectivity index (χ2v) is 12.5. The van der Waals surface area contributed by atoms with Crippen molar-refractivity contribution in [2.75, 3.05) is 69.3 Å². The van der Waals surface area contributed by atoms with Gasteiger partial charge < -0.3 is 14.5 Å². The molecule has 41 heavy (non-hydrogen) atoms. The van der Waals surface area contributed by atoms with E-state index in [-0.39, 0.29) is 10.9 Å². The number of sulfonamides is 1. The summed E-state index contributed by atoms with van der Waals surface area (Å²) >= 11 is 0. The van der Waals surface area contributed by atoms with Crippen molar-refractivity contribution in [1.29, 1.82) is 0 Å². The first-order valence-electron chi connectivity index (χ1n) is 14.1. The van der Waals surface area contributed by atoms with Gasteiger partial charge in [0, 0.05) is 63.4 Å².